The van der Waals surface area contributed by atoms with Crippen LogP contribution in [0.25, 0.3) is 5.82 Å². The van der Waals surface area contributed by atoms with Gasteiger partial charge in [-0.2, -0.15) is 9.67 Å². The highest BCUT2D eigenvalue weighted by Gasteiger charge is 2.12. The fraction of sp³-hybridized carbons (Fsp3) is 0. The van der Waals surface area contributed by atoms with Gasteiger partial charge in [0.25, 0.3) is 0 Å². The fourth-order valence-corrected chi connectivity index (χ4v) is 2.43. The van der Waals surface area contributed by atoms with Crippen molar-refractivity contribution in [1.82, 2.24) is 19.7 Å². The third kappa shape index (κ3) is 2.58. The summed E-state index contributed by atoms with van der Waals surface area (Å²) in [5.74, 6) is 0.619. The Balaban J connectivity index is 1.99. The van der Waals surface area contributed by atoms with Crippen LogP contribution in [0.2, 0.25) is 0 Å². The highest BCUT2D eigenvalue weighted by molar-refractivity contribution is 7.99. The van der Waals surface area contributed by atoms with Gasteiger partial charge in [0.15, 0.2) is 5.82 Å². The van der Waals surface area contributed by atoms with Crippen molar-refractivity contribution in [2.24, 2.45) is 0 Å². The smallest absolute Gasteiger partial charge is 0.334 e. The van der Waals surface area contributed by atoms with Crippen LogP contribution in [0, 0.1) is 0 Å². The molecular formula is C13H10N4OS. The molecule has 19 heavy (non-hydrogen) atoms. The molecule has 0 bridgehead atoms. The molecule has 2 aromatic heterocycles. The molecule has 0 spiro atoms. The van der Waals surface area contributed by atoms with Crippen LogP contribution >= 0.6 is 11.8 Å². The predicted octanol–water partition coefficient (Wildman–Crippen LogP) is 2.52. The van der Waals surface area contributed by atoms with Gasteiger partial charge in [-0.3, -0.25) is 0 Å². The van der Waals surface area contributed by atoms with Crippen LogP contribution in [0.3, 0.4) is 0 Å². The highest BCUT2D eigenvalue weighted by atomic mass is 32.2. The van der Waals surface area contributed by atoms with Crippen molar-refractivity contribution in [2.75, 3.05) is 0 Å². The average Bonchev–Trinajstić information content (AvgIpc) is 2.82. The quantitative estimate of drug-likeness (QED) is 0.792. The van der Waals surface area contributed by atoms with E-state index < -0.39 is 0 Å². The van der Waals surface area contributed by atoms with E-state index in [-0.39, 0.29) is 6.01 Å². The van der Waals surface area contributed by atoms with Crippen LogP contribution in [-0.4, -0.2) is 24.9 Å². The maximum Gasteiger partial charge on any atom is 0.334 e. The summed E-state index contributed by atoms with van der Waals surface area (Å²) in [6.45, 7) is 0. The van der Waals surface area contributed by atoms with Gasteiger partial charge in [0.05, 0.1) is 0 Å². The molecule has 1 aromatic carbocycles. The standard InChI is InChI=1S/C13H10N4OS/c18-12-15-13(19-10-6-2-1-3-7-10)17(16-12)11-8-4-5-9-14-11/h1-9H,(H,16,18). The van der Waals surface area contributed by atoms with Crippen molar-refractivity contribution in [3.05, 3.63) is 54.7 Å². The molecule has 1 N–H and O–H groups in total. The van der Waals surface area contributed by atoms with Crippen LogP contribution < -0.4 is 0 Å². The summed E-state index contributed by atoms with van der Waals surface area (Å²) < 4.78 is 1.52. The van der Waals surface area contributed by atoms with Gasteiger partial charge < -0.3 is 5.11 Å². The lowest BCUT2D eigenvalue weighted by Crippen LogP contribution is -2.00. The summed E-state index contributed by atoms with van der Waals surface area (Å²) in [5.41, 5.74) is 0. The minimum absolute atomic E-state index is 0.260. The summed E-state index contributed by atoms with van der Waals surface area (Å²) >= 11 is 1.42. The maximum absolute atomic E-state index is 9.49. The Labute approximate surface area is 114 Å². The Kier molecular flexibility index (Phi) is 3.16. The van der Waals surface area contributed by atoms with E-state index in [1.54, 1.807) is 6.20 Å². The zero-order valence-electron chi connectivity index (χ0n) is 9.84. The SMILES string of the molecule is Oc1nc(Sc2ccccc2)n(-c2ccccn2)n1. The van der Waals surface area contributed by atoms with E-state index in [0.29, 0.717) is 11.0 Å². The predicted molar refractivity (Wildman–Crippen MR) is 71.4 cm³/mol. The van der Waals surface area contributed by atoms with Gasteiger partial charge in [0.2, 0.25) is 5.16 Å². The third-order valence-electron chi connectivity index (χ3n) is 2.38. The molecule has 3 rings (SSSR count). The van der Waals surface area contributed by atoms with Crippen LogP contribution in [0.4, 0.5) is 0 Å². The molecule has 3 aromatic rings. The molecule has 0 fully saturated rings. The van der Waals surface area contributed by atoms with E-state index in [1.165, 1.54) is 16.4 Å². The second-order valence-electron chi connectivity index (χ2n) is 3.71. The average molecular weight is 270 g/mol. The van der Waals surface area contributed by atoms with Crippen LogP contribution in [0.15, 0.2) is 64.8 Å². The van der Waals surface area contributed by atoms with Crippen molar-refractivity contribution in [3.63, 3.8) is 0 Å². The lowest BCUT2D eigenvalue weighted by atomic mass is 10.4. The number of benzene rings is 1. The molecule has 0 aliphatic heterocycles. The third-order valence-corrected chi connectivity index (χ3v) is 3.34. The zero-order chi connectivity index (χ0) is 13.1. The molecule has 0 saturated heterocycles. The number of aromatic nitrogens is 4. The molecule has 0 atom stereocenters. The van der Waals surface area contributed by atoms with E-state index in [2.05, 4.69) is 15.1 Å². The molecule has 0 radical (unpaired) electrons. The monoisotopic (exact) mass is 270 g/mol. The molecule has 0 aliphatic rings. The highest BCUT2D eigenvalue weighted by Crippen LogP contribution is 2.28. The fourth-order valence-electron chi connectivity index (χ4n) is 1.58. The number of nitrogens with zero attached hydrogens (tertiary/aromatic N) is 4. The molecule has 6 heteroatoms. The van der Waals surface area contributed by atoms with Gasteiger partial charge in [-0.1, -0.05) is 24.3 Å². The Bertz CT molecular complexity index is 670. The number of hydrogen-bond donors (Lipinski definition) is 1. The van der Waals surface area contributed by atoms with Crippen molar-refractivity contribution < 1.29 is 5.11 Å². The largest absolute Gasteiger partial charge is 0.478 e. The van der Waals surface area contributed by atoms with E-state index >= 15 is 0 Å². The van der Waals surface area contributed by atoms with Crippen LogP contribution in [0.5, 0.6) is 6.01 Å². The summed E-state index contributed by atoms with van der Waals surface area (Å²) in [6, 6.07) is 15.0. The van der Waals surface area contributed by atoms with Gasteiger partial charge in [0.1, 0.15) is 0 Å². The Morgan fingerprint density at radius 1 is 1.00 bits per heavy atom. The Hall–Kier alpha value is -2.34. The minimum atomic E-state index is -0.260. The van der Waals surface area contributed by atoms with E-state index in [0.717, 1.165) is 4.90 Å². The first-order valence-electron chi connectivity index (χ1n) is 5.63. The molecule has 0 aliphatic carbocycles. The molecule has 0 unspecified atom stereocenters. The molecule has 0 amide bonds. The number of rotatable bonds is 3. The minimum Gasteiger partial charge on any atom is -0.478 e. The normalized spacial score (nSPS) is 10.5. The molecular weight excluding hydrogens is 260 g/mol. The lowest BCUT2D eigenvalue weighted by Gasteiger charge is -2.03. The Morgan fingerprint density at radius 2 is 1.79 bits per heavy atom. The van der Waals surface area contributed by atoms with Crippen molar-refractivity contribution in [2.45, 2.75) is 10.1 Å². The summed E-state index contributed by atoms with van der Waals surface area (Å²) in [5, 5.41) is 14.0. The number of aromatic hydroxyl groups is 1. The Morgan fingerprint density at radius 3 is 2.53 bits per heavy atom. The summed E-state index contributed by atoms with van der Waals surface area (Å²) in [7, 11) is 0. The zero-order valence-corrected chi connectivity index (χ0v) is 10.7. The first-order valence-corrected chi connectivity index (χ1v) is 6.45. The first-order chi connectivity index (χ1) is 9.33. The van der Waals surface area contributed by atoms with Crippen LogP contribution in [-0.2, 0) is 0 Å². The van der Waals surface area contributed by atoms with Gasteiger partial charge in [-0.25, -0.2) is 4.98 Å². The van der Waals surface area contributed by atoms with Crippen molar-refractivity contribution >= 4 is 11.8 Å². The van der Waals surface area contributed by atoms with Gasteiger partial charge in [-0.15, -0.1) is 5.10 Å². The molecule has 94 valence electrons. The van der Waals surface area contributed by atoms with Gasteiger partial charge in [-0.05, 0) is 36.0 Å². The molecule has 5 nitrogen and oxygen atoms in total. The van der Waals surface area contributed by atoms with Crippen LogP contribution in [0.1, 0.15) is 0 Å². The van der Waals surface area contributed by atoms with Crippen molar-refractivity contribution in [1.29, 1.82) is 0 Å². The topological polar surface area (TPSA) is 63.8 Å². The second kappa shape index (κ2) is 5.11. The lowest BCUT2D eigenvalue weighted by molar-refractivity contribution is 0.429. The molecule has 0 saturated carbocycles. The number of pyridine rings is 1. The van der Waals surface area contributed by atoms with Gasteiger partial charge in [0, 0.05) is 11.1 Å². The van der Waals surface area contributed by atoms with E-state index in [9.17, 15) is 5.11 Å². The summed E-state index contributed by atoms with van der Waals surface area (Å²) in [6.07, 6.45) is 1.67. The summed E-state index contributed by atoms with van der Waals surface area (Å²) in [4.78, 5) is 9.23. The van der Waals surface area contributed by atoms with Crippen molar-refractivity contribution in [3.8, 4) is 11.8 Å². The first kappa shape index (κ1) is 11.7. The molecule has 2 heterocycles. The number of hydrogen-bond acceptors (Lipinski definition) is 5. The maximum atomic E-state index is 9.49. The van der Waals surface area contributed by atoms with E-state index in [4.69, 9.17) is 0 Å². The van der Waals surface area contributed by atoms with E-state index in [1.807, 2.05) is 48.5 Å². The van der Waals surface area contributed by atoms with Gasteiger partial charge >= 0.3 is 6.01 Å². The second-order valence-corrected chi connectivity index (χ2v) is 4.75.